The fourth-order valence-corrected chi connectivity index (χ4v) is 0.485. The third-order valence-corrected chi connectivity index (χ3v) is 2.47. The van der Waals surface area contributed by atoms with Crippen LogP contribution >= 0.6 is 0 Å². The second-order valence-electron chi connectivity index (χ2n) is 4.36. The Labute approximate surface area is 123 Å². The van der Waals surface area contributed by atoms with Gasteiger partial charge in [0.2, 0.25) is 0 Å². The van der Waals surface area contributed by atoms with Crippen LogP contribution in [0, 0.1) is 5.41 Å². The van der Waals surface area contributed by atoms with Crippen LogP contribution in [0.1, 0.15) is 27.2 Å². The molecule has 0 aromatic heterocycles. The van der Waals surface area contributed by atoms with Crippen molar-refractivity contribution in [1.29, 1.82) is 0 Å². The van der Waals surface area contributed by atoms with Gasteiger partial charge >= 0.3 is 11.9 Å². The monoisotopic (exact) mass is 314 g/mol. The molecule has 9 heteroatoms. The van der Waals surface area contributed by atoms with Gasteiger partial charge in [-0.2, -0.15) is 0 Å². The molecule has 2 atom stereocenters. The highest BCUT2D eigenvalue weighted by Crippen LogP contribution is 2.18. The Morgan fingerprint density at radius 3 is 1.05 bits per heavy atom. The molecule has 128 valence electrons. The summed E-state index contributed by atoms with van der Waals surface area (Å²) in [4.78, 5) is 18.9. The number of rotatable bonds is 6. The number of aliphatic hydroxyl groups excluding tert-OH is 5. The van der Waals surface area contributed by atoms with Crippen molar-refractivity contribution in [2.75, 3.05) is 19.8 Å². The molecule has 0 spiro atoms. The molecular formula is C12H26O9. The van der Waals surface area contributed by atoms with Gasteiger partial charge in [0, 0.05) is 5.41 Å². The number of carboxylic acids is 2. The molecule has 0 saturated carbocycles. The van der Waals surface area contributed by atoms with E-state index in [1.807, 2.05) is 6.92 Å². The average molecular weight is 314 g/mol. The smallest absolute Gasteiger partial charge is 0.332 e. The van der Waals surface area contributed by atoms with E-state index in [4.69, 9.17) is 35.7 Å². The number of carboxylic acid groups (broad SMARTS) is 2. The summed E-state index contributed by atoms with van der Waals surface area (Å²) < 4.78 is 0. The van der Waals surface area contributed by atoms with Crippen molar-refractivity contribution in [2.24, 2.45) is 5.41 Å². The summed E-state index contributed by atoms with van der Waals surface area (Å²) in [7, 11) is 0. The lowest BCUT2D eigenvalue weighted by Gasteiger charge is -2.24. The fraction of sp³-hybridized carbons (Fsp3) is 0.833. The van der Waals surface area contributed by atoms with Crippen molar-refractivity contribution in [3.05, 3.63) is 0 Å². The average Bonchev–Trinajstić information content (AvgIpc) is 2.43. The van der Waals surface area contributed by atoms with Crippen LogP contribution < -0.4 is 0 Å². The molecule has 0 aliphatic carbocycles. The van der Waals surface area contributed by atoms with Gasteiger partial charge in [0.15, 0.2) is 0 Å². The maximum Gasteiger partial charge on any atom is 0.332 e. The van der Waals surface area contributed by atoms with Gasteiger partial charge in [0.05, 0.1) is 19.8 Å². The highest BCUT2D eigenvalue weighted by atomic mass is 16.4. The van der Waals surface area contributed by atoms with Gasteiger partial charge in [0.25, 0.3) is 0 Å². The SMILES string of the molecule is CC(O)C(=O)O.CC(O)C(=O)O.CCC(CO)(CO)CO. The quantitative estimate of drug-likeness (QED) is 0.300. The zero-order valence-corrected chi connectivity index (χ0v) is 12.4. The van der Waals surface area contributed by atoms with Crippen LogP contribution in [0.2, 0.25) is 0 Å². The maximum absolute atomic E-state index is 9.45. The van der Waals surface area contributed by atoms with Gasteiger partial charge in [-0.3, -0.25) is 0 Å². The van der Waals surface area contributed by atoms with Crippen molar-refractivity contribution < 1.29 is 45.3 Å². The van der Waals surface area contributed by atoms with Crippen LogP contribution in [0.15, 0.2) is 0 Å². The number of hydrogen-bond donors (Lipinski definition) is 7. The zero-order chi connectivity index (χ0) is 17.6. The fourth-order valence-electron chi connectivity index (χ4n) is 0.485. The van der Waals surface area contributed by atoms with E-state index in [1.165, 1.54) is 13.8 Å². The molecule has 0 aliphatic rings. The van der Waals surface area contributed by atoms with E-state index in [1.54, 1.807) is 0 Å². The minimum atomic E-state index is -1.23. The summed E-state index contributed by atoms with van der Waals surface area (Å²) in [5.41, 5.74) is -0.667. The molecule has 0 fully saturated rings. The van der Waals surface area contributed by atoms with Crippen LogP contribution in [-0.2, 0) is 9.59 Å². The van der Waals surface area contributed by atoms with Crippen molar-refractivity contribution in [3.63, 3.8) is 0 Å². The molecule has 0 amide bonds. The van der Waals surface area contributed by atoms with Gasteiger partial charge in [-0.1, -0.05) is 6.92 Å². The minimum Gasteiger partial charge on any atom is -0.479 e. The Bertz CT molecular complexity index is 236. The lowest BCUT2D eigenvalue weighted by Crippen LogP contribution is -2.32. The molecular weight excluding hydrogens is 288 g/mol. The van der Waals surface area contributed by atoms with Crippen molar-refractivity contribution in [3.8, 4) is 0 Å². The van der Waals surface area contributed by atoms with Gasteiger partial charge in [-0.05, 0) is 20.3 Å². The van der Waals surface area contributed by atoms with Gasteiger partial charge < -0.3 is 35.7 Å². The van der Waals surface area contributed by atoms with Crippen LogP contribution in [0.4, 0.5) is 0 Å². The van der Waals surface area contributed by atoms with Crippen molar-refractivity contribution in [2.45, 2.75) is 39.4 Å². The van der Waals surface area contributed by atoms with Crippen molar-refractivity contribution >= 4 is 11.9 Å². The number of aliphatic hydroxyl groups is 5. The maximum atomic E-state index is 9.45. The van der Waals surface area contributed by atoms with Crippen molar-refractivity contribution in [1.82, 2.24) is 0 Å². The highest BCUT2D eigenvalue weighted by molar-refractivity contribution is 5.71. The number of aliphatic carboxylic acids is 2. The Morgan fingerprint density at radius 1 is 0.857 bits per heavy atom. The number of hydrogen-bond acceptors (Lipinski definition) is 7. The van der Waals surface area contributed by atoms with Crippen LogP contribution in [0.5, 0.6) is 0 Å². The molecule has 0 aromatic carbocycles. The van der Waals surface area contributed by atoms with E-state index < -0.39 is 29.6 Å². The van der Waals surface area contributed by atoms with E-state index in [9.17, 15) is 9.59 Å². The Hall–Kier alpha value is -1.26. The summed E-state index contributed by atoms with van der Waals surface area (Å²) in [6, 6.07) is 0. The second-order valence-corrected chi connectivity index (χ2v) is 4.36. The second kappa shape index (κ2) is 13.7. The van der Waals surface area contributed by atoms with Crippen LogP contribution in [0.3, 0.4) is 0 Å². The highest BCUT2D eigenvalue weighted by Gasteiger charge is 2.24. The Morgan fingerprint density at radius 2 is 1.05 bits per heavy atom. The van der Waals surface area contributed by atoms with Gasteiger partial charge in [0.1, 0.15) is 12.2 Å². The van der Waals surface area contributed by atoms with Gasteiger partial charge in [-0.25, -0.2) is 9.59 Å². The molecule has 9 nitrogen and oxygen atoms in total. The first-order valence-corrected chi connectivity index (χ1v) is 6.17. The van der Waals surface area contributed by atoms with Crippen LogP contribution in [0.25, 0.3) is 0 Å². The summed E-state index contributed by atoms with van der Waals surface area (Å²) in [6.45, 7) is 3.75. The largest absolute Gasteiger partial charge is 0.479 e. The van der Waals surface area contributed by atoms with Gasteiger partial charge in [-0.15, -0.1) is 0 Å². The summed E-state index contributed by atoms with van der Waals surface area (Å²) in [5, 5.41) is 57.5. The number of carbonyl (C=O) groups is 2. The summed E-state index contributed by atoms with van der Waals surface area (Å²) in [5.74, 6) is -2.37. The first kappa shape index (κ1) is 24.7. The molecule has 0 aromatic rings. The standard InChI is InChI=1S/C6H14O3.2C3H6O3/c1-2-6(3-7,4-8)5-9;2*1-2(4)3(5)6/h7-9H,2-5H2,1H3;2*2,4H,1H3,(H,5,6). The lowest BCUT2D eigenvalue weighted by molar-refractivity contribution is -0.146. The van der Waals surface area contributed by atoms with E-state index in [-0.39, 0.29) is 19.8 Å². The molecule has 0 radical (unpaired) electrons. The predicted octanol–water partition coefficient (Wildman–Crippen LogP) is -1.74. The molecule has 2 unspecified atom stereocenters. The third kappa shape index (κ3) is 15.0. The summed E-state index contributed by atoms with van der Waals surface area (Å²) in [6.07, 6.45) is -1.87. The minimum absolute atomic E-state index is 0.156. The Kier molecular flexibility index (Phi) is 16.2. The van der Waals surface area contributed by atoms with E-state index in [0.717, 1.165) is 0 Å². The summed E-state index contributed by atoms with van der Waals surface area (Å²) >= 11 is 0. The lowest BCUT2D eigenvalue weighted by atomic mass is 9.88. The van der Waals surface area contributed by atoms with E-state index in [0.29, 0.717) is 6.42 Å². The first-order valence-electron chi connectivity index (χ1n) is 6.17. The first-order chi connectivity index (χ1) is 9.53. The van der Waals surface area contributed by atoms with E-state index >= 15 is 0 Å². The Balaban J connectivity index is -0.000000240. The molecule has 0 heterocycles. The molecule has 0 saturated heterocycles. The molecule has 21 heavy (non-hydrogen) atoms. The molecule has 0 aliphatic heterocycles. The molecule has 7 N–H and O–H groups in total. The topological polar surface area (TPSA) is 176 Å². The molecule has 0 rings (SSSR count). The molecule has 0 bridgehead atoms. The van der Waals surface area contributed by atoms with E-state index in [2.05, 4.69) is 0 Å². The normalized spacial score (nSPS) is 13.0. The third-order valence-electron chi connectivity index (χ3n) is 2.47. The zero-order valence-electron chi connectivity index (χ0n) is 12.4. The van der Waals surface area contributed by atoms with Crippen LogP contribution in [-0.4, -0.2) is 79.7 Å². The predicted molar refractivity (Wildman–Crippen MR) is 72.6 cm³/mol.